The monoisotopic (exact) mass is 478 g/mol. The first-order valence-corrected chi connectivity index (χ1v) is 11.7. The van der Waals surface area contributed by atoms with Gasteiger partial charge in [-0.25, -0.2) is 8.42 Å². The maximum Gasteiger partial charge on any atom is 0.322 e. The SMILES string of the molecule is C=CCN(CC=C)S(=O)(=O)c1ccc(C(=O)Nc2nnc(Cc3ccc(Cl)s3)o2)cc1. The first kappa shape index (κ1) is 22.9. The van der Waals surface area contributed by atoms with E-state index in [1.807, 2.05) is 6.07 Å². The van der Waals surface area contributed by atoms with Crippen LogP contribution in [0.2, 0.25) is 4.34 Å². The van der Waals surface area contributed by atoms with E-state index in [1.54, 1.807) is 6.07 Å². The van der Waals surface area contributed by atoms with Gasteiger partial charge in [-0.3, -0.25) is 10.1 Å². The summed E-state index contributed by atoms with van der Waals surface area (Å²) < 4.78 is 32.8. The number of anilines is 1. The van der Waals surface area contributed by atoms with Crippen molar-refractivity contribution in [3.05, 3.63) is 82.4 Å². The lowest BCUT2D eigenvalue weighted by Gasteiger charge is -2.19. The first-order valence-electron chi connectivity index (χ1n) is 9.03. The van der Waals surface area contributed by atoms with E-state index < -0.39 is 15.9 Å². The van der Waals surface area contributed by atoms with E-state index in [-0.39, 0.29) is 29.6 Å². The molecule has 8 nitrogen and oxygen atoms in total. The van der Waals surface area contributed by atoms with Crippen molar-refractivity contribution in [2.75, 3.05) is 18.4 Å². The van der Waals surface area contributed by atoms with Crippen LogP contribution in [0.5, 0.6) is 0 Å². The Morgan fingerprint density at radius 1 is 1.13 bits per heavy atom. The number of amides is 1. The Labute approximate surface area is 188 Å². The van der Waals surface area contributed by atoms with Gasteiger partial charge in [-0.1, -0.05) is 28.9 Å². The molecule has 0 saturated heterocycles. The third-order valence-corrected chi connectivity index (χ3v) is 7.14. The molecule has 11 heteroatoms. The van der Waals surface area contributed by atoms with Gasteiger partial charge in [0.2, 0.25) is 15.9 Å². The third kappa shape index (κ3) is 5.67. The number of benzene rings is 1. The van der Waals surface area contributed by atoms with E-state index >= 15 is 0 Å². The predicted molar refractivity (Wildman–Crippen MR) is 120 cm³/mol. The number of hydrogen-bond acceptors (Lipinski definition) is 7. The highest BCUT2D eigenvalue weighted by Crippen LogP contribution is 2.24. The average molecular weight is 479 g/mol. The number of halogens is 1. The van der Waals surface area contributed by atoms with E-state index in [0.717, 1.165) is 4.88 Å². The average Bonchev–Trinajstić information content (AvgIpc) is 3.36. The second-order valence-corrected chi connectivity index (χ2v) is 10.00. The molecular formula is C20H19ClN4O4S2. The zero-order valence-electron chi connectivity index (χ0n) is 16.3. The molecule has 2 heterocycles. The van der Waals surface area contributed by atoms with E-state index in [1.165, 1.54) is 52.1 Å². The summed E-state index contributed by atoms with van der Waals surface area (Å²) in [5.74, 6) is -0.174. The fraction of sp³-hybridized carbons (Fsp3) is 0.150. The van der Waals surface area contributed by atoms with Gasteiger partial charge in [0.1, 0.15) is 0 Å². The Balaban J connectivity index is 1.68. The summed E-state index contributed by atoms with van der Waals surface area (Å²) in [4.78, 5) is 13.5. The Hall–Kier alpha value is -2.79. The zero-order chi connectivity index (χ0) is 22.4. The van der Waals surface area contributed by atoms with Crippen molar-refractivity contribution in [1.29, 1.82) is 0 Å². The molecule has 1 N–H and O–H groups in total. The number of rotatable bonds is 10. The lowest BCUT2D eigenvalue weighted by molar-refractivity contribution is 0.102. The maximum atomic E-state index is 12.7. The maximum absolute atomic E-state index is 12.7. The zero-order valence-corrected chi connectivity index (χ0v) is 18.7. The number of carbonyl (C=O) groups excluding carboxylic acids is 1. The molecule has 0 spiro atoms. The molecule has 31 heavy (non-hydrogen) atoms. The molecule has 2 aromatic heterocycles. The molecule has 1 amide bonds. The van der Waals surface area contributed by atoms with Crippen molar-refractivity contribution < 1.29 is 17.6 Å². The van der Waals surface area contributed by atoms with Gasteiger partial charge in [0.25, 0.3) is 5.91 Å². The molecule has 0 unspecified atom stereocenters. The molecule has 0 aliphatic heterocycles. The van der Waals surface area contributed by atoms with E-state index in [4.69, 9.17) is 16.0 Å². The van der Waals surface area contributed by atoms with Crippen molar-refractivity contribution in [2.24, 2.45) is 0 Å². The summed E-state index contributed by atoms with van der Waals surface area (Å²) in [5, 5.41) is 10.2. The molecule has 1 aromatic carbocycles. The van der Waals surface area contributed by atoms with Gasteiger partial charge in [0.05, 0.1) is 15.7 Å². The predicted octanol–water partition coefficient (Wildman–Crippen LogP) is 3.99. The molecule has 0 aliphatic carbocycles. The number of sulfonamides is 1. The van der Waals surface area contributed by atoms with Gasteiger partial charge in [0.15, 0.2) is 0 Å². The molecule has 3 aromatic rings. The Morgan fingerprint density at radius 3 is 2.39 bits per heavy atom. The molecule has 162 valence electrons. The summed E-state index contributed by atoms with van der Waals surface area (Å²) in [6, 6.07) is 9.13. The second kappa shape index (κ2) is 10.0. The number of aromatic nitrogens is 2. The topological polar surface area (TPSA) is 105 Å². The van der Waals surface area contributed by atoms with Crippen LogP contribution < -0.4 is 5.32 Å². The highest BCUT2D eigenvalue weighted by atomic mass is 35.5. The van der Waals surface area contributed by atoms with E-state index in [2.05, 4.69) is 28.7 Å². The quantitative estimate of drug-likeness (QED) is 0.442. The number of nitrogens with one attached hydrogen (secondary N) is 1. The summed E-state index contributed by atoms with van der Waals surface area (Å²) in [6.07, 6.45) is 3.39. The van der Waals surface area contributed by atoms with Crippen LogP contribution in [-0.2, 0) is 16.4 Å². The largest absolute Gasteiger partial charge is 0.407 e. The minimum absolute atomic E-state index is 0.0532. The lowest BCUT2D eigenvalue weighted by Crippen LogP contribution is -2.31. The molecular weight excluding hydrogens is 460 g/mol. The smallest absolute Gasteiger partial charge is 0.322 e. The van der Waals surface area contributed by atoms with Gasteiger partial charge < -0.3 is 4.42 Å². The van der Waals surface area contributed by atoms with Crippen molar-refractivity contribution >= 4 is 44.9 Å². The van der Waals surface area contributed by atoms with Crippen molar-refractivity contribution in [3.63, 3.8) is 0 Å². The Bertz CT molecular complexity index is 1180. The summed E-state index contributed by atoms with van der Waals surface area (Å²) in [6.45, 7) is 7.44. The highest BCUT2D eigenvalue weighted by Gasteiger charge is 2.23. The highest BCUT2D eigenvalue weighted by molar-refractivity contribution is 7.89. The number of hydrogen-bond donors (Lipinski definition) is 1. The standard InChI is InChI=1S/C20H19ClN4O4S2/c1-3-11-25(12-4-2)31(27,28)16-8-5-14(6-9-16)19(26)22-20-24-23-18(29-20)13-15-7-10-17(21)30-15/h3-10H,1-2,11-13H2,(H,22,24,26). The summed E-state index contributed by atoms with van der Waals surface area (Å²) in [5.41, 5.74) is 0.239. The third-order valence-electron chi connectivity index (χ3n) is 4.06. The normalized spacial score (nSPS) is 11.4. The van der Waals surface area contributed by atoms with Crippen molar-refractivity contribution in [3.8, 4) is 0 Å². The van der Waals surface area contributed by atoms with Crippen LogP contribution in [-0.4, -0.2) is 41.9 Å². The van der Waals surface area contributed by atoms with Crippen LogP contribution in [0.25, 0.3) is 0 Å². The van der Waals surface area contributed by atoms with Crippen LogP contribution >= 0.6 is 22.9 Å². The van der Waals surface area contributed by atoms with Crippen LogP contribution in [0.4, 0.5) is 6.01 Å². The molecule has 0 saturated carbocycles. The second-order valence-electron chi connectivity index (χ2n) is 6.26. The van der Waals surface area contributed by atoms with Crippen molar-refractivity contribution in [2.45, 2.75) is 11.3 Å². The van der Waals surface area contributed by atoms with Crippen LogP contribution in [0, 0.1) is 0 Å². The molecule has 0 bridgehead atoms. The lowest BCUT2D eigenvalue weighted by atomic mass is 10.2. The number of thiophene rings is 1. The molecule has 3 rings (SSSR count). The Kier molecular flexibility index (Phi) is 7.39. The van der Waals surface area contributed by atoms with Crippen LogP contribution in [0.1, 0.15) is 21.1 Å². The van der Waals surface area contributed by atoms with Gasteiger partial charge in [-0.2, -0.15) is 4.31 Å². The molecule has 0 atom stereocenters. The first-order chi connectivity index (χ1) is 14.8. The summed E-state index contributed by atoms with van der Waals surface area (Å²) in [7, 11) is -3.74. The number of carbonyl (C=O) groups is 1. The van der Waals surface area contributed by atoms with Crippen LogP contribution in [0.15, 0.2) is 71.0 Å². The minimum Gasteiger partial charge on any atom is -0.407 e. The van der Waals surface area contributed by atoms with Gasteiger partial charge in [0, 0.05) is 23.5 Å². The molecule has 0 fully saturated rings. The number of nitrogens with zero attached hydrogens (tertiary/aromatic N) is 3. The van der Waals surface area contributed by atoms with Crippen molar-refractivity contribution in [1.82, 2.24) is 14.5 Å². The summed E-state index contributed by atoms with van der Waals surface area (Å²) >= 11 is 7.30. The fourth-order valence-electron chi connectivity index (χ4n) is 2.63. The van der Waals surface area contributed by atoms with Gasteiger partial charge in [-0.15, -0.1) is 29.6 Å². The molecule has 0 radical (unpaired) electrons. The van der Waals surface area contributed by atoms with Crippen LogP contribution in [0.3, 0.4) is 0 Å². The van der Waals surface area contributed by atoms with E-state index in [0.29, 0.717) is 16.6 Å². The Morgan fingerprint density at radius 2 is 1.81 bits per heavy atom. The minimum atomic E-state index is -3.74. The molecule has 0 aliphatic rings. The van der Waals surface area contributed by atoms with E-state index in [9.17, 15) is 13.2 Å². The van der Waals surface area contributed by atoms with Gasteiger partial charge >= 0.3 is 6.01 Å². The van der Waals surface area contributed by atoms with Gasteiger partial charge in [-0.05, 0) is 36.4 Å². The fourth-order valence-corrected chi connectivity index (χ4v) is 5.09.